The summed E-state index contributed by atoms with van der Waals surface area (Å²) in [6, 6.07) is 6.29. The van der Waals surface area contributed by atoms with Gasteiger partial charge in [0.15, 0.2) is 11.6 Å². The van der Waals surface area contributed by atoms with E-state index in [1.54, 1.807) is 31.2 Å². The summed E-state index contributed by atoms with van der Waals surface area (Å²) in [4.78, 5) is 33.5. The number of carbonyl (C=O) groups excluding carboxylic acids is 3. The van der Waals surface area contributed by atoms with E-state index in [4.69, 9.17) is 9.47 Å². The van der Waals surface area contributed by atoms with Gasteiger partial charge in [-0.3, -0.25) is 9.59 Å². The van der Waals surface area contributed by atoms with E-state index in [1.807, 2.05) is 0 Å². The third-order valence-electron chi connectivity index (χ3n) is 4.31. The molecule has 9 heteroatoms. The van der Waals surface area contributed by atoms with Gasteiger partial charge < -0.3 is 20.1 Å². The Morgan fingerprint density at radius 2 is 1.59 bits per heavy atom. The van der Waals surface area contributed by atoms with Gasteiger partial charge in [-0.05, 0) is 55.2 Å². The van der Waals surface area contributed by atoms with Crippen LogP contribution in [0.2, 0.25) is 0 Å². The highest BCUT2D eigenvalue weighted by Crippen LogP contribution is 2.30. The van der Waals surface area contributed by atoms with Crippen LogP contribution in [0.4, 0.5) is 19.3 Å². The molecule has 2 amide bonds. The van der Waals surface area contributed by atoms with Crippen molar-refractivity contribution in [3.63, 3.8) is 0 Å². The standard InChI is InChI=1S/C20H20F2N2O5/c1-11-12(2)17(21)19(18(22)13(11)3)29-20(27)28-9-14-4-6-15(7-5-14)24-16(26)8-23-10-25/h4-7,10H,8-9H2,1-3H3,(H,23,25)(H,24,26). The first-order valence-corrected chi connectivity index (χ1v) is 8.59. The Morgan fingerprint density at radius 3 is 2.14 bits per heavy atom. The summed E-state index contributed by atoms with van der Waals surface area (Å²) in [6.45, 7) is 4.14. The molecule has 29 heavy (non-hydrogen) atoms. The van der Waals surface area contributed by atoms with Crippen LogP contribution >= 0.6 is 0 Å². The normalized spacial score (nSPS) is 10.2. The summed E-state index contributed by atoms with van der Waals surface area (Å²) >= 11 is 0. The van der Waals surface area contributed by atoms with E-state index in [-0.39, 0.29) is 24.3 Å². The summed E-state index contributed by atoms with van der Waals surface area (Å²) < 4.78 is 38.1. The third-order valence-corrected chi connectivity index (χ3v) is 4.31. The maximum atomic E-state index is 14.2. The highest BCUT2D eigenvalue weighted by molar-refractivity contribution is 5.93. The average Bonchev–Trinajstić information content (AvgIpc) is 2.72. The Bertz CT molecular complexity index is 900. The number of hydrogen-bond acceptors (Lipinski definition) is 5. The zero-order valence-electron chi connectivity index (χ0n) is 16.1. The number of anilines is 1. The molecule has 0 spiro atoms. The minimum absolute atomic E-state index is 0.161. The van der Waals surface area contributed by atoms with Crippen LogP contribution in [0.15, 0.2) is 24.3 Å². The van der Waals surface area contributed by atoms with Crippen molar-refractivity contribution in [2.75, 3.05) is 11.9 Å². The average molecular weight is 406 g/mol. The largest absolute Gasteiger partial charge is 0.514 e. The molecule has 0 saturated heterocycles. The lowest BCUT2D eigenvalue weighted by Gasteiger charge is -2.13. The minimum atomic E-state index is -1.25. The Balaban J connectivity index is 1.95. The lowest BCUT2D eigenvalue weighted by Crippen LogP contribution is -2.26. The first-order chi connectivity index (χ1) is 13.7. The summed E-state index contributed by atoms with van der Waals surface area (Å²) in [7, 11) is 0. The first-order valence-electron chi connectivity index (χ1n) is 8.59. The number of ether oxygens (including phenoxy) is 2. The Hall–Kier alpha value is -3.49. The van der Waals surface area contributed by atoms with E-state index >= 15 is 0 Å². The predicted molar refractivity (Wildman–Crippen MR) is 101 cm³/mol. The molecule has 0 aliphatic carbocycles. The summed E-state index contributed by atoms with van der Waals surface area (Å²) in [6.07, 6.45) is -0.835. The van der Waals surface area contributed by atoms with Crippen molar-refractivity contribution in [2.45, 2.75) is 27.4 Å². The van der Waals surface area contributed by atoms with Crippen molar-refractivity contribution in [2.24, 2.45) is 0 Å². The molecule has 0 saturated carbocycles. The maximum absolute atomic E-state index is 14.2. The van der Waals surface area contributed by atoms with Crippen LogP contribution in [-0.4, -0.2) is 25.0 Å². The summed E-state index contributed by atoms with van der Waals surface area (Å²) in [5, 5.41) is 4.79. The predicted octanol–water partition coefficient (Wildman–Crippen LogP) is 3.29. The second-order valence-electron chi connectivity index (χ2n) is 6.22. The van der Waals surface area contributed by atoms with Crippen molar-refractivity contribution in [3.8, 4) is 5.75 Å². The number of hydrogen-bond donors (Lipinski definition) is 2. The quantitative estimate of drug-likeness (QED) is 0.418. The maximum Gasteiger partial charge on any atom is 0.514 e. The number of carbonyl (C=O) groups is 3. The molecule has 7 nitrogen and oxygen atoms in total. The van der Waals surface area contributed by atoms with Crippen LogP contribution < -0.4 is 15.4 Å². The molecular weight excluding hydrogens is 386 g/mol. The molecule has 0 atom stereocenters. The first kappa shape index (κ1) is 21.8. The van der Waals surface area contributed by atoms with Gasteiger partial charge in [-0.1, -0.05) is 12.1 Å². The van der Waals surface area contributed by atoms with Gasteiger partial charge in [0.2, 0.25) is 18.1 Å². The fraction of sp³-hybridized carbons (Fsp3) is 0.250. The highest BCUT2D eigenvalue weighted by Gasteiger charge is 2.22. The minimum Gasteiger partial charge on any atom is -0.429 e. The third kappa shape index (κ3) is 5.50. The number of rotatable bonds is 7. The molecule has 154 valence electrons. The van der Waals surface area contributed by atoms with Crippen LogP contribution in [0.3, 0.4) is 0 Å². The van der Waals surface area contributed by atoms with Gasteiger partial charge in [0.1, 0.15) is 6.61 Å². The van der Waals surface area contributed by atoms with E-state index in [9.17, 15) is 23.2 Å². The van der Waals surface area contributed by atoms with Crippen molar-refractivity contribution < 1.29 is 32.6 Å². The SMILES string of the molecule is Cc1c(C)c(F)c(OC(=O)OCc2ccc(NC(=O)CNC=O)cc2)c(F)c1C. The number of halogens is 2. The molecule has 0 heterocycles. The molecule has 2 N–H and O–H groups in total. The van der Waals surface area contributed by atoms with Crippen LogP contribution in [0.1, 0.15) is 22.3 Å². The van der Waals surface area contributed by atoms with Crippen molar-refractivity contribution >= 4 is 24.2 Å². The molecule has 0 unspecified atom stereocenters. The van der Waals surface area contributed by atoms with Crippen LogP contribution in [0.25, 0.3) is 0 Å². The van der Waals surface area contributed by atoms with Gasteiger partial charge in [-0.2, -0.15) is 0 Å². The zero-order chi connectivity index (χ0) is 21.6. The van der Waals surface area contributed by atoms with Crippen LogP contribution in [0.5, 0.6) is 5.75 Å². The van der Waals surface area contributed by atoms with Gasteiger partial charge in [0.25, 0.3) is 0 Å². The van der Waals surface area contributed by atoms with Gasteiger partial charge in [0, 0.05) is 5.69 Å². The monoisotopic (exact) mass is 406 g/mol. The number of nitrogens with one attached hydrogen (secondary N) is 2. The molecule has 0 aliphatic heterocycles. The molecule has 2 aromatic carbocycles. The van der Waals surface area contributed by atoms with Crippen molar-refractivity contribution in [1.29, 1.82) is 0 Å². The van der Waals surface area contributed by atoms with E-state index in [0.717, 1.165) is 0 Å². The molecule has 2 rings (SSSR count). The van der Waals surface area contributed by atoms with E-state index in [0.29, 0.717) is 23.2 Å². The number of benzene rings is 2. The second kappa shape index (κ2) is 9.63. The van der Waals surface area contributed by atoms with Gasteiger partial charge in [0.05, 0.1) is 6.54 Å². The molecular formula is C20H20F2N2O5. The fourth-order valence-corrected chi connectivity index (χ4v) is 2.42. The van der Waals surface area contributed by atoms with Crippen molar-refractivity contribution in [1.82, 2.24) is 5.32 Å². The van der Waals surface area contributed by atoms with E-state index in [2.05, 4.69) is 10.6 Å². The number of amides is 2. The lowest BCUT2D eigenvalue weighted by molar-refractivity contribution is -0.118. The summed E-state index contributed by atoms with van der Waals surface area (Å²) in [5.74, 6) is -3.10. The topological polar surface area (TPSA) is 93.7 Å². The molecule has 0 bridgehead atoms. The lowest BCUT2D eigenvalue weighted by atomic mass is 10.0. The highest BCUT2D eigenvalue weighted by atomic mass is 19.1. The van der Waals surface area contributed by atoms with Crippen LogP contribution in [0, 0.1) is 32.4 Å². The molecule has 0 aromatic heterocycles. The zero-order valence-corrected chi connectivity index (χ0v) is 16.1. The van der Waals surface area contributed by atoms with Gasteiger partial charge in [-0.15, -0.1) is 0 Å². The van der Waals surface area contributed by atoms with Crippen molar-refractivity contribution in [3.05, 3.63) is 58.2 Å². The smallest absolute Gasteiger partial charge is 0.429 e. The van der Waals surface area contributed by atoms with Gasteiger partial charge >= 0.3 is 6.16 Å². The molecule has 0 radical (unpaired) electrons. The Morgan fingerprint density at radius 1 is 1.00 bits per heavy atom. The molecule has 0 aliphatic rings. The Labute approximate surface area is 166 Å². The van der Waals surface area contributed by atoms with E-state index in [1.165, 1.54) is 13.8 Å². The molecule has 2 aromatic rings. The van der Waals surface area contributed by atoms with Gasteiger partial charge in [-0.25, -0.2) is 13.6 Å². The Kier molecular flexibility index (Phi) is 7.24. The summed E-state index contributed by atoms with van der Waals surface area (Å²) in [5.41, 5.74) is 1.85. The fourth-order valence-electron chi connectivity index (χ4n) is 2.42. The molecule has 0 fully saturated rings. The van der Waals surface area contributed by atoms with Crippen LogP contribution in [-0.2, 0) is 20.9 Å². The van der Waals surface area contributed by atoms with E-state index < -0.39 is 29.4 Å². The second-order valence-corrected chi connectivity index (χ2v) is 6.22.